The van der Waals surface area contributed by atoms with Gasteiger partial charge in [0.25, 0.3) is 0 Å². The Bertz CT molecular complexity index is 3320. The fourth-order valence-electron chi connectivity index (χ4n) is 10.5. The van der Waals surface area contributed by atoms with Gasteiger partial charge in [-0.2, -0.15) is 11.3 Å². The number of hydrogen-bond acceptors (Lipinski definition) is 1. The molecule has 0 amide bonds. The first kappa shape index (κ1) is 37.1. The van der Waals surface area contributed by atoms with Crippen LogP contribution in [-0.2, 0) is 0 Å². The minimum Gasteiger partial charge on any atom is -0.308 e. The molecule has 0 aliphatic rings. The van der Waals surface area contributed by atoms with Crippen molar-refractivity contribution in [2.24, 2.45) is 0 Å². The van der Waals surface area contributed by atoms with Crippen molar-refractivity contribution < 1.29 is 0 Å². The molecule has 0 N–H and O–H groups in total. The van der Waals surface area contributed by atoms with Gasteiger partial charge in [-0.3, -0.25) is 0 Å². The molecule has 0 saturated carbocycles. The Morgan fingerprint density at radius 1 is 0.367 bits per heavy atom. The van der Waals surface area contributed by atoms with Crippen molar-refractivity contribution in [2.45, 2.75) is 79.1 Å². The Kier molecular flexibility index (Phi) is 8.52. The number of rotatable bonds is 7. The zero-order valence-electron chi connectivity index (χ0n) is 35.9. The highest BCUT2D eigenvalue weighted by Crippen LogP contribution is 2.49. The highest BCUT2D eigenvalue weighted by Gasteiger charge is 2.25. The van der Waals surface area contributed by atoms with E-state index in [2.05, 4.69) is 198 Å². The normalized spacial score (nSPS) is 12.6. The minimum atomic E-state index is 0.333. The Labute approximate surface area is 357 Å². The van der Waals surface area contributed by atoms with Gasteiger partial charge < -0.3 is 4.40 Å². The van der Waals surface area contributed by atoms with Crippen LogP contribution in [0.2, 0.25) is 0 Å². The molecule has 3 aromatic heterocycles. The number of thiophene rings is 1. The highest BCUT2D eigenvalue weighted by atomic mass is 32.1. The second-order valence-corrected chi connectivity index (χ2v) is 19.3. The standard InChI is InChI=1S/C58H51NS/c1-32(2)42-18-13-19-43(33(3)4)56(42)44-20-21-45(53-31-60-30-52(44)53)57-46(34(5)6)24-40(25-47(57)35(7)8)41-26-50-48-22-36-14-9-11-16-38(36)28-54(48)59-55-29-39-17-12-10-15-37(39)23-49(55)51(27-41)58(50)59/h9-35H,1-8H3. The first-order valence-corrected chi connectivity index (χ1v) is 22.9. The molecule has 0 fully saturated rings. The van der Waals surface area contributed by atoms with Crippen LogP contribution in [0.4, 0.5) is 0 Å². The molecule has 2 heteroatoms. The maximum absolute atomic E-state index is 2.54. The van der Waals surface area contributed by atoms with Gasteiger partial charge in [-0.15, -0.1) is 0 Å². The fourth-order valence-corrected chi connectivity index (χ4v) is 11.4. The first-order valence-electron chi connectivity index (χ1n) is 21.9. The van der Waals surface area contributed by atoms with Crippen LogP contribution in [0.15, 0.2) is 138 Å². The summed E-state index contributed by atoms with van der Waals surface area (Å²) in [7, 11) is 0. The van der Waals surface area contributed by atoms with Gasteiger partial charge in [0.05, 0.1) is 16.6 Å². The van der Waals surface area contributed by atoms with Crippen LogP contribution in [-0.4, -0.2) is 4.40 Å². The van der Waals surface area contributed by atoms with E-state index < -0.39 is 0 Å². The summed E-state index contributed by atoms with van der Waals surface area (Å²) in [6.07, 6.45) is 0. The van der Waals surface area contributed by atoms with Crippen LogP contribution in [0.5, 0.6) is 0 Å². The van der Waals surface area contributed by atoms with E-state index >= 15 is 0 Å². The van der Waals surface area contributed by atoms with Gasteiger partial charge in [-0.05, 0) is 148 Å². The smallest absolute Gasteiger partial charge is 0.0620 e. The van der Waals surface area contributed by atoms with Crippen molar-refractivity contribution in [3.63, 3.8) is 0 Å². The van der Waals surface area contributed by atoms with Gasteiger partial charge in [0.15, 0.2) is 0 Å². The van der Waals surface area contributed by atoms with Crippen LogP contribution < -0.4 is 0 Å². The lowest BCUT2D eigenvalue weighted by Crippen LogP contribution is -2.03. The maximum Gasteiger partial charge on any atom is 0.0620 e. The second kappa shape index (κ2) is 13.8. The van der Waals surface area contributed by atoms with Crippen molar-refractivity contribution in [1.29, 1.82) is 0 Å². The lowest BCUT2D eigenvalue weighted by molar-refractivity contribution is 0.838. The summed E-state index contributed by atoms with van der Waals surface area (Å²) in [6.45, 7) is 18.8. The summed E-state index contributed by atoms with van der Waals surface area (Å²) < 4.78 is 2.54. The molecule has 0 radical (unpaired) electrons. The summed E-state index contributed by atoms with van der Waals surface area (Å²) in [6, 6.07) is 49.1. The van der Waals surface area contributed by atoms with E-state index in [4.69, 9.17) is 0 Å². The molecule has 8 aromatic carbocycles. The summed E-state index contributed by atoms with van der Waals surface area (Å²) in [5.41, 5.74) is 17.7. The Morgan fingerprint density at radius 2 is 0.767 bits per heavy atom. The van der Waals surface area contributed by atoms with Crippen LogP contribution in [0, 0.1) is 0 Å². The van der Waals surface area contributed by atoms with E-state index in [9.17, 15) is 0 Å². The lowest BCUT2D eigenvalue weighted by atomic mass is 9.79. The predicted molar refractivity (Wildman–Crippen MR) is 264 cm³/mol. The predicted octanol–water partition coefficient (Wildman–Crippen LogP) is 17.9. The zero-order chi connectivity index (χ0) is 41.1. The van der Waals surface area contributed by atoms with Gasteiger partial charge >= 0.3 is 0 Å². The van der Waals surface area contributed by atoms with Gasteiger partial charge in [-0.1, -0.05) is 146 Å². The minimum absolute atomic E-state index is 0.333. The average molecular weight is 794 g/mol. The van der Waals surface area contributed by atoms with Crippen molar-refractivity contribution in [3.05, 3.63) is 160 Å². The number of benzene rings is 8. The van der Waals surface area contributed by atoms with Gasteiger partial charge in [0, 0.05) is 32.3 Å². The molecule has 0 aliphatic carbocycles. The summed E-state index contributed by atoms with van der Waals surface area (Å²) in [5, 5.41) is 17.9. The molecule has 294 valence electrons. The molecule has 0 bridgehead atoms. The third-order valence-corrected chi connectivity index (χ3v) is 14.2. The second-order valence-electron chi connectivity index (χ2n) is 18.5. The van der Waals surface area contributed by atoms with Crippen molar-refractivity contribution in [1.82, 2.24) is 4.40 Å². The van der Waals surface area contributed by atoms with Crippen LogP contribution >= 0.6 is 11.3 Å². The average Bonchev–Trinajstić information content (AvgIpc) is 3.95. The molecule has 0 aliphatic heterocycles. The van der Waals surface area contributed by atoms with E-state index in [1.807, 2.05) is 11.3 Å². The number of nitrogens with zero attached hydrogens (tertiary/aromatic N) is 1. The molecule has 60 heavy (non-hydrogen) atoms. The molecule has 1 nitrogen and oxygen atoms in total. The summed E-state index contributed by atoms with van der Waals surface area (Å²) >= 11 is 1.83. The van der Waals surface area contributed by atoms with Crippen molar-refractivity contribution >= 4 is 81.7 Å². The van der Waals surface area contributed by atoms with Crippen LogP contribution in [0.1, 0.15) is 101 Å². The molecule has 3 heterocycles. The van der Waals surface area contributed by atoms with E-state index in [-0.39, 0.29) is 0 Å². The topological polar surface area (TPSA) is 4.41 Å². The monoisotopic (exact) mass is 793 g/mol. The number of aromatic nitrogens is 1. The Morgan fingerprint density at radius 3 is 1.20 bits per heavy atom. The first-order chi connectivity index (χ1) is 29.1. The van der Waals surface area contributed by atoms with Gasteiger partial charge in [0.2, 0.25) is 0 Å². The molecular weight excluding hydrogens is 743 g/mol. The van der Waals surface area contributed by atoms with Crippen LogP contribution in [0.3, 0.4) is 0 Å². The van der Waals surface area contributed by atoms with Crippen molar-refractivity contribution in [3.8, 4) is 33.4 Å². The summed E-state index contributed by atoms with van der Waals surface area (Å²) in [4.78, 5) is 0. The maximum atomic E-state index is 2.54. The van der Waals surface area contributed by atoms with E-state index in [0.717, 1.165) is 0 Å². The lowest BCUT2D eigenvalue weighted by Gasteiger charge is -2.24. The molecule has 0 saturated heterocycles. The third-order valence-electron chi connectivity index (χ3n) is 13.5. The summed E-state index contributed by atoms with van der Waals surface area (Å²) in [5.74, 6) is 1.54. The zero-order valence-corrected chi connectivity index (χ0v) is 36.8. The number of fused-ring (bicyclic) bond motifs is 9. The largest absolute Gasteiger partial charge is 0.308 e. The van der Waals surface area contributed by atoms with Gasteiger partial charge in [0.1, 0.15) is 0 Å². The molecular formula is C58H51NS. The highest BCUT2D eigenvalue weighted by molar-refractivity contribution is 7.09. The molecule has 0 atom stereocenters. The molecule has 11 aromatic rings. The third kappa shape index (κ3) is 5.50. The SMILES string of the molecule is CC(C)c1cccc(C(C)C)c1-c1ccc(-c2c(C(C)C)cc(-c3cc4c5cc6ccccc6cc5n5c6cc7ccccc7cc6c(c3)c45)cc2C(C)C)c2cscc12. The molecule has 11 rings (SSSR count). The van der Waals surface area contributed by atoms with Crippen molar-refractivity contribution in [2.75, 3.05) is 0 Å². The van der Waals surface area contributed by atoms with E-state index in [1.165, 1.54) is 126 Å². The van der Waals surface area contributed by atoms with E-state index in [0.29, 0.717) is 23.7 Å². The molecule has 0 unspecified atom stereocenters. The Balaban J connectivity index is 1.18. The fraction of sp³-hybridized carbons (Fsp3) is 0.207. The van der Waals surface area contributed by atoms with E-state index in [1.54, 1.807) is 0 Å². The van der Waals surface area contributed by atoms with Gasteiger partial charge in [-0.25, -0.2) is 0 Å². The Hall–Kier alpha value is -5.96. The number of hydrogen-bond donors (Lipinski definition) is 0. The van der Waals surface area contributed by atoms with Crippen LogP contribution in [0.25, 0.3) is 104 Å². The quantitative estimate of drug-likeness (QED) is 0.151. The molecule has 0 spiro atoms.